The van der Waals surface area contributed by atoms with Crippen molar-refractivity contribution in [2.45, 2.75) is 216 Å². The summed E-state index contributed by atoms with van der Waals surface area (Å²) in [7, 11) is 0. The van der Waals surface area contributed by atoms with Crippen molar-refractivity contribution in [3.63, 3.8) is 0 Å². The summed E-state index contributed by atoms with van der Waals surface area (Å²) in [4.78, 5) is 11.0. The first-order chi connectivity index (χ1) is 31.9. The maximum atomic E-state index is 2.71. The molecule has 0 N–H and O–H groups in total. The van der Waals surface area contributed by atoms with Crippen LogP contribution in [-0.4, -0.2) is 18.4 Å². The molecule has 8 rings (SSSR count). The van der Waals surface area contributed by atoms with Crippen LogP contribution >= 0.6 is 34.0 Å². The summed E-state index contributed by atoms with van der Waals surface area (Å²) in [5.41, 5.74) is 11.8. The van der Waals surface area contributed by atoms with Gasteiger partial charge in [0.15, 0.2) is 0 Å². The molecule has 4 atom stereocenters. The Bertz CT molecular complexity index is 2550. The van der Waals surface area contributed by atoms with Crippen molar-refractivity contribution in [2.75, 3.05) is 0 Å². The average molecular weight is 1050 g/mol. The summed E-state index contributed by atoms with van der Waals surface area (Å²) in [5.74, 6) is 2.88. The molecule has 4 unspecified atom stereocenters. The summed E-state index contributed by atoms with van der Waals surface area (Å²) < 4.78 is 6.66. The molecule has 0 fully saturated rings. The molecule has 0 radical (unpaired) electrons. The van der Waals surface area contributed by atoms with Crippen molar-refractivity contribution in [1.29, 1.82) is 0 Å². The van der Waals surface area contributed by atoms with Crippen molar-refractivity contribution in [3.8, 4) is 21.6 Å². The molecule has 66 heavy (non-hydrogen) atoms. The van der Waals surface area contributed by atoms with Crippen LogP contribution in [0, 0.1) is 30.6 Å². The minimum atomic E-state index is -2.38. The summed E-state index contributed by atoms with van der Waals surface area (Å²) >= 11 is 4.23. The van der Waals surface area contributed by atoms with Crippen LogP contribution in [0.4, 0.5) is 0 Å². The fourth-order valence-corrected chi connectivity index (χ4v) is 22.8. The summed E-state index contributed by atoms with van der Waals surface area (Å²) in [6.45, 7) is 22.1. The van der Waals surface area contributed by atoms with E-state index in [4.69, 9.17) is 0 Å². The first-order valence-electron chi connectivity index (χ1n) is 27.6. The van der Waals surface area contributed by atoms with Crippen molar-refractivity contribution in [2.24, 2.45) is 23.7 Å². The van der Waals surface area contributed by atoms with Crippen molar-refractivity contribution in [1.82, 2.24) is 0 Å². The van der Waals surface area contributed by atoms with E-state index in [2.05, 4.69) is 160 Å². The molecule has 0 aliphatic heterocycles. The van der Waals surface area contributed by atoms with Crippen LogP contribution < -0.4 is 2.89 Å². The Hall–Kier alpha value is -1.66. The predicted molar refractivity (Wildman–Crippen MR) is 304 cm³/mol. The molecule has 0 nitrogen and oxygen atoms in total. The van der Waals surface area contributed by atoms with Crippen LogP contribution in [0.15, 0.2) is 48.5 Å². The topological polar surface area (TPSA) is 0 Å². The van der Waals surface area contributed by atoms with Gasteiger partial charge >= 0.3 is 309 Å². The minimum absolute atomic E-state index is 0.00110. The average Bonchev–Trinajstić information content (AvgIpc) is 4.12. The number of aryl methyl sites for hydroxylation is 1. The van der Waals surface area contributed by atoms with Crippen LogP contribution in [-0.2, 0) is 10.8 Å². The van der Waals surface area contributed by atoms with E-state index >= 15 is 0 Å². The molecule has 2 aliphatic carbocycles. The third kappa shape index (κ3) is 9.24. The van der Waals surface area contributed by atoms with Gasteiger partial charge in [-0.15, -0.1) is 11.3 Å². The van der Waals surface area contributed by atoms with Crippen LogP contribution in [0.2, 0.25) is 14.8 Å². The van der Waals surface area contributed by atoms with E-state index in [1.54, 1.807) is 66.2 Å². The third-order valence-electron chi connectivity index (χ3n) is 17.3. The molecule has 0 saturated heterocycles. The summed E-state index contributed by atoms with van der Waals surface area (Å²) in [6, 6.07) is 20.9. The van der Waals surface area contributed by atoms with E-state index in [1.165, 1.54) is 144 Å². The standard InChI is InChI=1S/C59H79S3.3CH3.Sn/c1-10-18-22-40(14-5)35-58(36-41(15-6)23-19-11-2)50-46(28-26-44-32-33-60-54(44)50)47-30-31-49-53-57(62-56(49)51(47)58)48-29-27-45-34-39(9)61-55(45)52(48)59(53,37-42(16-7)24-20-12-3)38-43(17-8)25-21-13-4;;;;/h26-32,34,40-43H,10-25,35-38H2,1-9H3;3*1H3;. The van der Waals surface area contributed by atoms with Gasteiger partial charge in [0, 0.05) is 4.88 Å². The zero-order valence-corrected chi connectivity index (χ0v) is 49.1. The van der Waals surface area contributed by atoms with Crippen LogP contribution in [0.1, 0.15) is 211 Å². The van der Waals surface area contributed by atoms with Gasteiger partial charge < -0.3 is 0 Å². The van der Waals surface area contributed by atoms with E-state index in [0.29, 0.717) is 11.8 Å². The normalized spacial score (nSPS) is 19.7. The number of thiophene rings is 3. The molecule has 358 valence electrons. The summed E-state index contributed by atoms with van der Waals surface area (Å²) in [5, 5.41) is 4.65. The number of hydrogen-bond donors (Lipinski definition) is 0. The fraction of sp³-hybridized carbons (Fsp3) is 0.613. The molecule has 6 aromatic rings. The third-order valence-corrected chi connectivity index (χ3v) is 30.2. The molecule has 0 amide bonds. The Labute approximate surface area is 419 Å². The molecular formula is C62H88S3Sn. The van der Waals surface area contributed by atoms with Crippen LogP contribution in [0.5, 0.6) is 0 Å². The van der Waals surface area contributed by atoms with Gasteiger partial charge in [0.2, 0.25) is 0 Å². The predicted octanol–water partition coefficient (Wildman–Crippen LogP) is 21.1. The quantitative estimate of drug-likeness (QED) is 0.0501. The Morgan fingerprint density at radius 3 is 1.33 bits per heavy atom. The molecule has 0 bridgehead atoms. The van der Waals surface area contributed by atoms with E-state index in [0.717, 1.165) is 11.8 Å². The molecular weight excluding hydrogens is 960 g/mol. The molecule has 3 heterocycles. The molecule has 0 saturated carbocycles. The Balaban J connectivity index is 1.49. The second-order valence-corrected chi connectivity index (χ2v) is 41.6. The van der Waals surface area contributed by atoms with E-state index in [-0.39, 0.29) is 10.8 Å². The van der Waals surface area contributed by atoms with Crippen LogP contribution in [0.3, 0.4) is 0 Å². The molecule has 4 heteroatoms. The van der Waals surface area contributed by atoms with Crippen molar-refractivity contribution < 1.29 is 0 Å². The first-order valence-corrected chi connectivity index (χ1v) is 40.0. The molecule has 0 spiro atoms. The van der Waals surface area contributed by atoms with E-state index in [9.17, 15) is 0 Å². The van der Waals surface area contributed by atoms with Crippen LogP contribution in [0.25, 0.3) is 51.8 Å². The van der Waals surface area contributed by atoms with E-state index in [1.807, 2.05) is 0 Å². The number of fused-ring (bicyclic) bond motifs is 13. The van der Waals surface area contributed by atoms with Gasteiger partial charge in [-0.05, 0) is 18.4 Å². The fourth-order valence-electron chi connectivity index (χ4n) is 13.6. The van der Waals surface area contributed by atoms with Gasteiger partial charge in [-0.1, -0.05) is 79.1 Å². The van der Waals surface area contributed by atoms with E-state index < -0.39 is 18.4 Å². The molecule has 2 aliphatic rings. The summed E-state index contributed by atoms with van der Waals surface area (Å²) in [6.07, 6.45) is 26.2. The Morgan fingerprint density at radius 2 is 0.864 bits per heavy atom. The van der Waals surface area contributed by atoms with Gasteiger partial charge in [0.25, 0.3) is 0 Å². The first kappa shape index (κ1) is 50.7. The molecule has 3 aromatic carbocycles. The number of hydrogen-bond acceptors (Lipinski definition) is 3. The number of unbranched alkanes of at least 4 members (excludes halogenated alkanes) is 4. The van der Waals surface area contributed by atoms with Crippen molar-refractivity contribution >= 4 is 85.5 Å². The second-order valence-electron chi connectivity index (χ2n) is 22.8. The maximum absolute atomic E-state index is 2.71. The van der Waals surface area contributed by atoms with Gasteiger partial charge in [0.05, 0.1) is 0 Å². The zero-order chi connectivity index (χ0) is 47.0. The Kier molecular flexibility index (Phi) is 16.4. The Morgan fingerprint density at radius 1 is 0.455 bits per heavy atom. The van der Waals surface area contributed by atoms with Gasteiger partial charge in [-0.2, -0.15) is 0 Å². The van der Waals surface area contributed by atoms with Gasteiger partial charge in [0.1, 0.15) is 0 Å². The molecule has 3 aromatic heterocycles. The number of rotatable bonds is 25. The van der Waals surface area contributed by atoms with Gasteiger partial charge in [-0.25, -0.2) is 0 Å². The number of benzene rings is 3. The van der Waals surface area contributed by atoms with Gasteiger partial charge in [-0.3, -0.25) is 0 Å². The SMILES string of the molecule is CCCCC(CC)CC1(CC(CC)CCCC)c2c(sc3c4c(ccc23)-c2ccc3c[c]([Sn]([CH3])([CH3])[CH3])sc3c2C4(CC(CC)CCCC)CC(CC)CCCC)-c2ccc3cc(C)sc3c21. The van der Waals surface area contributed by atoms with Crippen molar-refractivity contribution in [3.05, 3.63) is 75.7 Å². The second kappa shape index (κ2) is 21.4. The monoisotopic (exact) mass is 1050 g/mol. The zero-order valence-electron chi connectivity index (χ0n) is 43.8.